The third-order valence-electron chi connectivity index (χ3n) is 7.62. The number of carbonyl (C=O) groups excluding carboxylic acids is 1. The van der Waals surface area contributed by atoms with Gasteiger partial charge < -0.3 is 10.2 Å². The standard InChI is InChI=1S/C24H37F3O3/c1-20(2,29)12-7-13-21(3,14-8-16-23(5,30)24(25,26)27)19-11-10-17-18(28)9-6-15-22(17,19)4/h17,19,29-30H,6-7,9-15H2,1-5H3/t17?,19-,21?,22?,23?/m1/s1. The summed E-state index contributed by atoms with van der Waals surface area (Å²) in [5.41, 5.74) is -4.40. The zero-order valence-corrected chi connectivity index (χ0v) is 19.0. The molecule has 0 spiro atoms. The van der Waals surface area contributed by atoms with Crippen molar-refractivity contribution in [3.63, 3.8) is 0 Å². The van der Waals surface area contributed by atoms with Crippen molar-refractivity contribution in [2.75, 3.05) is 0 Å². The number of fused-ring (bicyclic) bond motifs is 1. The first kappa shape index (κ1) is 25.2. The Labute approximate surface area is 178 Å². The smallest absolute Gasteiger partial charge is 0.390 e. The highest BCUT2D eigenvalue weighted by molar-refractivity contribution is 5.83. The Kier molecular flexibility index (Phi) is 7.11. The lowest BCUT2D eigenvalue weighted by molar-refractivity contribution is -0.228. The number of rotatable bonds is 6. The highest BCUT2D eigenvalue weighted by atomic mass is 19.4. The number of alkyl halides is 3. The van der Waals surface area contributed by atoms with E-state index in [1.807, 2.05) is 5.92 Å². The molecule has 2 aliphatic carbocycles. The van der Waals surface area contributed by atoms with Gasteiger partial charge in [-0.15, -0.1) is 0 Å². The molecule has 0 amide bonds. The fraction of sp³-hybridized carbons (Fsp3) is 0.875. The minimum atomic E-state index is -4.81. The summed E-state index contributed by atoms with van der Waals surface area (Å²) in [6.45, 7) is 8.40. The summed E-state index contributed by atoms with van der Waals surface area (Å²) in [7, 11) is 0. The Balaban J connectivity index is 2.29. The fourth-order valence-electron chi connectivity index (χ4n) is 5.87. The Hall–Kier alpha value is -1.06. The molecule has 4 unspecified atom stereocenters. The van der Waals surface area contributed by atoms with Crippen LogP contribution < -0.4 is 0 Å². The van der Waals surface area contributed by atoms with E-state index >= 15 is 0 Å². The van der Waals surface area contributed by atoms with Gasteiger partial charge in [0.1, 0.15) is 5.78 Å². The lowest BCUT2D eigenvalue weighted by Crippen LogP contribution is -2.44. The van der Waals surface area contributed by atoms with Crippen LogP contribution in [0.3, 0.4) is 0 Å². The molecule has 2 aliphatic rings. The van der Waals surface area contributed by atoms with Crippen LogP contribution in [0.2, 0.25) is 0 Å². The Morgan fingerprint density at radius 3 is 2.30 bits per heavy atom. The maximum absolute atomic E-state index is 13.0. The molecule has 2 fully saturated rings. The minimum absolute atomic E-state index is 0.0242. The zero-order valence-electron chi connectivity index (χ0n) is 19.0. The third-order valence-corrected chi connectivity index (χ3v) is 7.62. The second-order valence-corrected chi connectivity index (χ2v) is 10.9. The van der Waals surface area contributed by atoms with E-state index in [-0.39, 0.29) is 29.1 Å². The number of aliphatic hydroxyl groups is 2. The van der Waals surface area contributed by atoms with Crippen LogP contribution in [0.15, 0.2) is 0 Å². The van der Waals surface area contributed by atoms with E-state index in [2.05, 4.69) is 19.8 Å². The molecule has 172 valence electrons. The summed E-state index contributed by atoms with van der Waals surface area (Å²) in [6.07, 6.45) is 1.56. The van der Waals surface area contributed by atoms with E-state index in [1.54, 1.807) is 13.8 Å². The van der Waals surface area contributed by atoms with Gasteiger partial charge in [0.2, 0.25) is 5.60 Å². The molecule has 30 heavy (non-hydrogen) atoms. The van der Waals surface area contributed by atoms with Gasteiger partial charge in [-0.3, -0.25) is 4.79 Å². The molecule has 0 heterocycles. The van der Waals surface area contributed by atoms with Crippen LogP contribution in [0.25, 0.3) is 0 Å². The van der Waals surface area contributed by atoms with E-state index in [0.717, 1.165) is 32.1 Å². The highest BCUT2D eigenvalue weighted by Crippen LogP contribution is 2.61. The second kappa shape index (κ2) is 8.47. The van der Waals surface area contributed by atoms with Gasteiger partial charge in [0.05, 0.1) is 5.60 Å². The topological polar surface area (TPSA) is 57.5 Å². The fourth-order valence-corrected chi connectivity index (χ4v) is 5.87. The van der Waals surface area contributed by atoms with Crippen LogP contribution in [0.1, 0.15) is 92.4 Å². The van der Waals surface area contributed by atoms with Crippen molar-refractivity contribution >= 4 is 5.78 Å². The maximum Gasteiger partial charge on any atom is 0.428 e. The van der Waals surface area contributed by atoms with Crippen LogP contribution in [-0.2, 0) is 4.79 Å². The molecular weight excluding hydrogens is 393 g/mol. The van der Waals surface area contributed by atoms with Gasteiger partial charge in [0, 0.05) is 18.8 Å². The monoisotopic (exact) mass is 430 g/mol. The molecule has 0 saturated heterocycles. The van der Waals surface area contributed by atoms with E-state index in [1.165, 1.54) is 0 Å². The van der Waals surface area contributed by atoms with Gasteiger partial charge in [-0.05, 0) is 76.0 Å². The summed E-state index contributed by atoms with van der Waals surface area (Å²) in [4.78, 5) is 12.5. The molecule has 0 aromatic heterocycles. The van der Waals surface area contributed by atoms with Crippen molar-refractivity contribution < 1.29 is 28.2 Å². The summed E-state index contributed by atoms with van der Waals surface area (Å²) < 4.78 is 39.0. The van der Waals surface area contributed by atoms with Gasteiger partial charge >= 0.3 is 6.18 Å². The van der Waals surface area contributed by atoms with Gasteiger partial charge in [0.15, 0.2) is 0 Å². The molecule has 0 bridgehead atoms. The van der Waals surface area contributed by atoms with Crippen LogP contribution in [0, 0.1) is 34.5 Å². The molecule has 2 rings (SSSR count). The number of hydrogen-bond acceptors (Lipinski definition) is 3. The van der Waals surface area contributed by atoms with Crippen molar-refractivity contribution in [2.24, 2.45) is 22.7 Å². The molecule has 3 nitrogen and oxygen atoms in total. The summed E-state index contributed by atoms with van der Waals surface area (Å²) in [5.74, 6) is 5.21. The average Bonchev–Trinajstić information content (AvgIpc) is 2.91. The summed E-state index contributed by atoms with van der Waals surface area (Å²) in [6, 6.07) is 0. The summed E-state index contributed by atoms with van der Waals surface area (Å²) >= 11 is 0. The van der Waals surface area contributed by atoms with Crippen LogP contribution in [-0.4, -0.2) is 33.4 Å². The van der Waals surface area contributed by atoms with E-state index < -0.39 is 17.4 Å². The number of ketones is 1. The molecule has 2 saturated carbocycles. The lowest BCUT2D eigenvalue weighted by Gasteiger charge is -2.48. The Morgan fingerprint density at radius 2 is 1.73 bits per heavy atom. The van der Waals surface area contributed by atoms with E-state index in [0.29, 0.717) is 32.0 Å². The normalized spacial score (nSPS) is 31.3. The Morgan fingerprint density at radius 1 is 1.10 bits per heavy atom. The van der Waals surface area contributed by atoms with Crippen LogP contribution >= 0.6 is 0 Å². The first-order valence-electron chi connectivity index (χ1n) is 11.1. The zero-order chi connectivity index (χ0) is 23.0. The van der Waals surface area contributed by atoms with Crippen molar-refractivity contribution in [1.82, 2.24) is 0 Å². The number of halogens is 3. The van der Waals surface area contributed by atoms with E-state index in [4.69, 9.17) is 0 Å². The maximum atomic E-state index is 13.0. The number of hydrogen-bond donors (Lipinski definition) is 2. The number of Topliss-reactive ketones (excluding diaryl/α,β-unsaturated/α-hetero) is 1. The molecule has 6 heteroatoms. The minimum Gasteiger partial charge on any atom is -0.390 e. The van der Waals surface area contributed by atoms with E-state index in [9.17, 15) is 28.2 Å². The second-order valence-electron chi connectivity index (χ2n) is 10.9. The van der Waals surface area contributed by atoms with Crippen molar-refractivity contribution in [1.29, 1.82) is 0 Å². The average molecular weight is 431 g/mol. The van der Waals surface area contributed by atoms with Gasteiger partial charge in [0.25, 0.3) is 0 Å². The number of carbonyl (C=O) groups is 1. The third kappa shape index (κ3) is 5.40. The molecule has 5 atom stereocenters. The molecule has 0 aliphatic heterocycles. The van der Waals surface area contributed by atoms with Crippen molar-refractivity contribution in [2.45, 2.75) is 110 Å². The molecular formula is C24H37F3O3. The molecule has 0 aromatic carbocycles. The first-order chi connectivity index (χ1) is 13.5. The predicted molar refractivity (Wildman–Crippen MR) is 111 cm³/mol. The van der Waals surface area contributed by atoms with Crippen molar-refractivity contribution in [3.05, 3.63) is 0 Å². The molecule has 0 radical (unpaired) electrons. The SMILES string of the molecule is CC(C)(O)CCCC(C)(CC#CC(C)(O)C(F)(F)F)[C@H]1CCC2C(=O)CCCC21C. The molecule has 2 N–H and O–H groups in total. The predicted octanol–water partition coefficient (Wildman–Crippen LogP) is 5.43. The largest absolute Gasteiger partial charge is 0.428 e. The van der Waals surface area contributed by atoms with Crippen LogP contribution in [0.5, 0.6) is 0 Å². The Bertz CT molecular complexity index is 695. The van der Waals surface area contributed by atoms with Crippen LogP contribution in [0.4, 0.5) is 13.2 Å². The lowest BCUT2D eigenvalue weighted by atomic mass is 9.56. The van der Waals surface area contributed by atoms with Gasteiger partial charge in [-0.1, -0.05) is 32.1 Å². The van der Waals surface area contributed by atoms with Crippen molar-refractivity contribution in [3.8, 4) is 11.8 Å². The van der Waals surface area contributed by atoms with Gasteiger partial charge in [-0.25, -0.2) is 0 Å². The summed E-state index contributed by atoms with van der Waals surface area (Å²) in [5, 5.41) is 19.8. The van der Waals surface area contributed by atoms with Gasteiger partial charge in [-0.2, -0.15) is 13.2 Å². The molecule has 0 aromatic rings. The quantitative estimate of drug-likeness (QED) is 0.553. The highest BCUT2D eigenvalue weighted by Gasteiger charge is 2.56. The first-order valence-corrected chi connectivity index (χ1v) is 11.1.